The van der Waals surface area contributed by atoms with E-state index in [9.17, 15) is 14.7 Å². The van der Waals surface area contributed by atoms with E-state index < -0.39 is 0 Å². The van der Waals surface area contributed by atoms with Crippen LogP contribution in [-0.2, 0) is 0 Å². The van der Waals surface area contributed by atoms with E-state index in [4.69, 9.17) is 4.42 Å². The molecule has 2 amide bonds. The van der Waals surface area contributed by atoms with Crippen LogP contribution in [0.25, 0.3) is 0 Å². The largest absolute Gasteiger partial charge is 0.459 e. The number of aliphatic hydroxyl groups excluding tert-OH is 1. The maximum atomic E-state index is 12.9. The molecule has 0 saturated carbocycles. The molecule has 1 fully saturated rings. The first-order valence-electron chi connectivity index (χ1n) is 8.56. The number of likely N-dealkylation sites (tertiary alicyclic amines) is 1. The third kappa shape index (κ3) is 4.09. The fraction of sp³-hybridized carbons (Fsp3) is 0.368. The lowest BCUT2D eigenvalue weighted by Crippen LogP contribution is -2.44. The molecule has 6 nitrogen and oxygen atoms in total. The topological polar surface area (TPSA) is 82.8 Å². The zero-order valence-corrected chi connectivity index (χ0v) is 14.0. The Balaban J connectivity index is 1.73. The van der Waals surface area contributed by atoms with Gasteiger partial charge in [0.1, 0.15) is 0 Å². The van der Waals surface area contributed by atoms with Crippen LogP contribution >= 0.6 is 0 Å². The number of hydrogen-bond acceptors (Lipinski definition) is 4. The third-order valence-corrected chi connectivity index (χ3v) is 4.46. The summed E-state index contributed by atoms with van der Waals surface area (Å²) in [6.07, 6.45) is 5.00. The van der Waals surface area contributed by atoms with E-state index in [0.29, 0.717) is 24.2 Å². The van der Waals surface area contributed by atoms with Crippen molar-refractivity contribution in [3.05, 3.63) is 54.0 Å². The van der Waals surface area contributed by atoms with Crippen molar-refractivity contribution in [3.8, 4) is 0 Å². The zero-order chi connectivity index (χ0) is 17.6. The number of hydrogen-bond donors (Lipinski definition) is 2. The Labute approximate surface area is 146 Å². The van der Waals surface area contributed by atoms with Crippen LogP contribution in [0.5, 0.6) is 0 Å². The average Bonchev–Trinajstić information content (AvgIpc) is 3.17. The summed E-state index contributed by atoms with van der Waals surface area (Å²) in [6.45, 7) is 0.778. The number of carbonyl (C=O) groups is 2. The number of rotatable bonds is 5. The van der Waals surface area contributed by atoms with Gasteiger partial charge in [-0.25, -0.2) is 0 Å². The van der Waals surface area contributed by atoms with Crippen LogP contribution in [0.15, 0.2) is 47.1 Å². The van der Waals surface area contributed by atoms with Crippen LogP contribution in [0.1, 0.15) is 46.6 Å². The summed E-state index contributed by atoms with van der Waals surface area (Å²) in [5.74, 6) is -0.200. The van der Waals surface area contributed by atoms with Gasteiger partial charge in [-0.3, -0.25) is 9.59 Å². The Kier molecular flexibility index (Phi) is 5.50. The predicted octanol–water partition coefficient (Wildman–Crippen LogP) is 2.91. The van der Waals surface area contributed by atoms with Crippen molar-refractivity contribution in [2.45, 2.75) is 31.7 Å². The molecule has 132 valence electrons. The van der Waals surface area contributed by atoms with Gasteiger partial charge in [0.2, 0.25) is 0 Å². The monoisotopic (exact) mass is 342 g/mol. The highest BCUT2D eigenvalue weighted by atomic mass is 16.3. The molecule has 3 rings (SSSR count). The summed E-state index contributed by atoms with van der Waals surface area (Å²) < 4.78 is 5.07. The van der Waals surface area contributed by atoms with Gasteiger partial charge in [0.25, 0.3) is 11.8 Å². The van der Waals surface area contributed by atoms with Crippen molar-refractivity contribution in [2.75, 3.05) is 18.5 Å². The van der Waals surface area contributed by atoms with Crippen molar-refractivity contribution < 1.29 is 19.1 Å². The molecule has 2 heterocycles. The minimum atomic E-state index is -0.356. The standard InChI is InChI=1S/C19H22N2O4/c22-11-9-16-7-1-2-10-21(16)19(24)14-5-3-6-15(13-14)20-18(23)17-8-4-12-25-17/h3-6,8,12-13,16,22H,1-2,7,9-11H2,(H,20,23). The van der Waals surface area contributed by atoms with E-state index in [1.54, 1.807) is 36.4 Å². The van der Waals surface area contributed by atoms with Gasteiger partial charge in [0.05, 0.1) is 6.26 Å². The SMILES string of the molecule is O=C(Nc1cccc(C(=O)N2CCCCC2CCO)c1)c1ccco1. The lowest BCUT2D eigenvalue weighted by atomic mass is 9.98. The van der Waals surface area contributed by atoms with Crippen LogP contribution in [0.3, 0.4) is 0 Å². The lowest BCUT2D eigenvalue weighted by molar-refractivity contribution is 0.0574. The summed E-state index contributed by atoms with van der Waals surface area (Å²) in [4.78, 5) is 26.8. The number of carbonyl (C=O) groups excluding carboxylic acids is 2. The molecule has 0 aliphatic carbocycles. The van der Waals surface area contributed by atoms with Gasteiger partial charge < -0.3 is 19.7 Å². The van der Waals surface area contributed by atoms with Crippen molar-refractivity contribution in [2.24, 2.45) is 0 Å². The van der Waals surface area contributed by atoms with Crippen LogP contribution < -0.4 is 5.32 Å². The van der Waals surface area contributed by atoms with Crippen LogP contribution in [0.4, 0.5) is 5.69 Å². The Morgan fingerprint density at radius 2 is 2.12 bits per heavy atom. The van der Waals surface area contributed by atoms with Gasteiger partial charge in [-0.1, -0.05) is 6.07 Å². The normalized spacial score (nSPS) is 17.3. The van der Waals surface area contributed by atoms with Gasteiger partial charge in [-0.05, 0) is 56.0 Å². The smallest absolute Gasteiger partial charge is 0.291 e. The highest BCUT2D eigenvalue weighted by molar-refractivity contribution is 6.03. The third-order valence-electron chi connectivity index (χ3n) is 4.46. The fourth-order valence-electron chi connectivity index (χ4n) is 3.21. The Morgan fingerprint density at radius 1 is 1.24 bits per heavy atom. The molecule has 25 heavy (non-hydrogen) atoms. The molecule has 0 spiro atoms. The number of furan rings is 1. The van der Waals surface area contributed by atoms with Gasteiger partial charge in [-0.15, -0.1) is 0 Å². The summed E-state index contributed by atoms with van der Waals surface area (Å²) in [5.41, 5.74) is 1.07. The Morgan fingerprint density at radius 3 is 2.88 bits per heavy atom. The highest BCUT2D eigenvalue weighted by Crippen LogP contribution is 2.23. The number of nitrogens with zero attached hydrogens (tertiary/aromatic N) is 1. The van der Waals surface area contributed by atoms with E-state index in [0.717, 1.165) is 19.3 Å². The summed E-state index contributed by atoms with van der Waals surface area (Å²) in [7, 11) is 0. The zero-order valence-electron chi connectivity index (χ0n) is 14.0. The lowest BCUT2D eigenvalue weighted by Gasteiger charge is -2.35. The molecule has 1 saturated heterocycles. The minimum Gasteiger partial charge on any atom is -0.459 e. The molecular formula is C19H22N2O4. The first-order valence-corrected chi connectivity index (χ1v) is 8.56. The molecule has 1 atom stereocenters. The molecule has 1 unspecified atom stereocenters. The van der Waals surface area contributed by atoms with E-state index in [-0.39, 0.29) is 30.2 Å². The second-order valence-electron chi connectivity index (χ2n) is 6.17. The molecule has 0 radical (unpaired) electrons. The second-order valence-corrected chi connectivity index (χ2v) is 6.17. The maximum absolute atomic E-state index is 12.9. The van der Waals surface area contributed by atoms with Crippen molar-refractivity contribution in [3.63, 3.8) is 0 Å². The minimum absolute atomic E-state index is 0.0627. The summed E-state index contributed by atoms with van der Waals surface area (Å²) >= 11 is 0. The number of anilines is 1. The van der Waals surface area contributed by atoms with Crippen molar-refractivity contribution in [1.82, 2.24) is 4.90 Å². The molecule has 1 aromatic heterocycles. The van der Waals surface area contributed by atoms with Crippen LogP contribution in [0, 0.1) is 0 Å². The number of aliphatic hydroxyl groups is 1. The highest BCUT2D eigenvalue weighted by Gasteiger charge is 2.27. The average molecular weight is 342 g/mol. The van der Waals surface area contributed by atoms with E-state index in [2.05, 4.69) is 5.32 Å². The van der Waals surface area contributed by atoms with Gasteiger partial charge in [-0.2, -0.15) is 0 Å². The van der Waals surface area contributed by atoms with E-state index in [1.165, 1.54) is 6.26 Å². The molecule has 2 N–H and O–H groups in total. The molecule has 6 heteroatoms. The van der Waals surface area contributed by atoms with Gasteiger partial charge in [0.15, 0.2) is 5.76 Å². The van der Waals surface area contributed by atoms with E-state index in [1.807, 2.05) is 4.90 Å². The Hall–Kier alpha value is -2.60. The number of nitrogens with one attached hydrogen (secondary N) is 1. The maximum Gasteiger partial charge on any atom is 0.291 e. The molecular weight excluding hydrogens is 320 g/mol. The van der Waals surface area contributed by atoms with Crippen LogP contribution in [-0.4, -0.2) is 41.0 Å². The molecule has 2 aromatic rings. The molecule has 1 aliphatic heterocycles. The Bertz CT molecular complexity index is 725. The molecule has 1 aromatic carbocycles. The van der Waals surface area contributed by atoms with Gasteiger partial charge in [0, 0.05) is 30.4 Å². The summed E-state index contributed by atoms with van der Waals surface area (Å²) in [6, 6.07) is 10.2. The summed E-state index contributed by atoms with van der Waals surface area (Å²) in [5, 5.41) is 12.0. The van der Waals surface area contributed by atoms with E-state index >= 15 is 0 Å². The number of piperidine rings is 1. The first kappa shape index (κ1) is 17.2. The number of amides is 2. The van der Waals surface area contributed by atoms with Gasteiger partial charge >= 0.3 is 0 Å². The fourth-order valence-corrected chi connectivity index (χ4v) is 3.21. The molecule has 1 aliphatic rings. The van der Waals surface area contributed by atoms with Crippen molar-refractivity contribution >= 4 is 17.5 Å². The van der Waals surface area contributed by atoms with Crippen LogP contribution in [0.2, 0.25) is 0 Å². The molecule has 0 bridgehead atoms. The quantitative estimate of drug-likeness (QED) is 0.875. The first-order chi connectivity index (χ1) is 12.2. The number of benzene rings is 1. The second kappa shape index (κ2) is 7.98. The van der Waals surface area contributed by atoms with Crippen molar-refractivity contribution in [1.29, 1.82) is 0 Å². The predicted molar refractivity (Wildman–Crippen MR) is 93.5 cm³/mol.